The monoisotopic (exact) mass is 256 g/mol. The lowest BCUT2D eigenvalue weighted by atomic mass is 10.2. The third-order valence-electron chi connectivity index (χ3n) is 2.68. The third kappa shape index (κ3) is 1.93. The van der Waals surface area contributed by atoms with E-state index in [0.717, 1.165) is 15.9 Å². The van der Waals surface area contributed by atoms with Crippen LogP contribution < -0.4 is 5.73 Å². The summed E-state index contributed by atoms with van der Waals surface area (Å²) in [5.41, 5.74) is 7.92. The molecule has 0 unspecified atom stereocenters. The second-order valence-corrected chi connectivity index (χ2v) is 5.17. The van der Waals surface area contributed by atoms with E-state index in [0.29, 0.717) is 5.82 Å². The SMILES string of the molecule is Cc1cccc(Sc2c[nH]c3ncnc(N)c23)c1. The molecule has 0 amide bonds. The van der Waals surface area contributed by atoms with E-state index in [1.165, 1.54) is 16.8 Å². The maximum atomic E-state index is 5.90. The van der Waals surface area contributed by atoms with E-state index < -0.39 is 0 Å². The lowest BCUT2D eigenvalue weighted by molar-refractivity contribution is 1.21. The lowest BCUT2D eigenvalue weighted by Crippen LogP contribution is -1.91. The zero-order chi connectivity index (χ0) is 12.5. The van der Waals surface area contributed by atoms with Crippen molar-refractivity contribution in [1.82, 2.24) is 15.0 Å². The van der Waals surface area contributed by atoms with E-state index in [4.69, 9.17) is 5.73 Å². The molecular weight excluding hydrogens is 244 g/mol. The van der Waals surface area contributed by atoms with Gasteiger partial charge in [0, 0.05) is 16.0 Å². The molecule has 3 N–H and O–H groups in total. The van der Waals surface area contributed by atoms with E-state index in [1.54, 1.807) is 11.8 Å². The Kier molecular flexibility index (Phi) is 2.68. The Morgan fingerprint density at radius 1 is 1.28 bits per heavy atom. The number of nitrogens with two attached hydrogens (primary N) is 1. The molecule has 0 bridgehead atoms. The molecule has 0 aliphatic rings. The molecule has 0 atom stereocenters. The molecule has 18 heavy (non-hydrogen) atoms. The highest BCUT2D eigenvalue weighted by atomic mass is 32.2. The van der Waals surface area contributed by atoms with Crippen LogP contribution in [-0.2, 0) is 0 Å². The Balaban J connectivity index is 2.05. The van der Waals surface area contributed by atoms with Crippen molar-refractivity contribution in [1.29, 1.82) is 0 Å². The molecule has 1 aromatic carbocycles. The van der Waals surface area contributed by atoms with Crippen LogP contribution in [0, 0.1) is 6.92 Å². The van der Waals surface area contributed by atoms with Crippen LogP contribution in [0.15, 0.2) is 46.6 Å². The minimum atomic E-state index is 0.511. The third-order valence-corrected chi connectivity index (χ3v) is 3.71. The molecule has 0 aliphatic heterocycles. The molecule has 0 aliphatic carbocycles. The van der Waals surface area contributed by atoms with Crippen LogP contribution in [0.1, 0.15) is 5.56 Å². The fraction of sp³-hybridized carbons (Fsp3) is 0.0769. The Labute approximate surface area is 109 Å². The minimum absolute atomic E-state index is 0.511. The molecule has 0 saturated heterocycles. The summed E-state index contributed by atoms with van der Waals surface area (Å²) in [6.45, 7) is 2.08. The van der Waals surface area contributed by atoms with Gasteiger partial charge in [0.2, 0.25) is 0 Å². The van der Waals surface area contributed by atoms with Crippen molar-refractivity contribution in [3.63, 3.8) is 0 Å². The summed E-state index contributed by atoms with van der Waals surface area (Å²) in [6, 6.07) is 8.35. The van der Waals surface area contributed by atoms with Crippen molar-refractivity contribution in [2.24, 2.45) is 0 Å². The molecule has 0 spiro atoms. The maximum absolute atomic E-state index is 5.90. The van der Waals surface area contributed by atoms with Crippen LogP contribution in [-0.4, -0.2) is 15.0 Å². The van der Waals surface area contributed by atoms with Gasteiger partial charge in [0.05, 0.1) is 5.39 Å². The van der Waals surface area contributed by atoms with Gasteiger partial charge in [0.15, 0.2) is 0 Å². The summed E-state index contributed by atoms with van der Waals surface area (Å²) in [5, 5.41) is 0.893. The normalized spacial score (nSPS) is 10.9. The number of H-pyrrole nitrogens is 1. The second-order valence-electron chi connectivity index (χ2n) is 4.05. The number of rotatable bonds is 2. The number of nitrogen functional groups attached to an aromatic ring is 1. The molecule has 4 nitrogen and oxygen atoms in total. The number of hydrogen-bond acceptors (Lipinski definition) is 4. The predicted molar refractivity (Wildman–Crippen MR) is 73.6 cm³/mol. The number of anilines is 1. The highest BCUT2D eigenvalue weighted by molar-refractivity contribution is 7.99. The first-order chi connectivity index (χ1) is 8.74. The molecular formula is C13H12N4S. The minimum Gasteiger partial charge on any atom is -0.383 e. The number of aromatic nitrogens is 3. The number of hydrogen-bond donors (Lipinski definition) is 2. The predicted octanol–water partition coefficient (Wildman–Crippen LogP) is 3.00. The smallest absolute Gasteiger partial charge is 0.144 e. The van der Waals surface area contributed by atoms with E-state index >= 15 is 0 Å². The van der Waals surface area contributed by atoms with E-state index in [1.807, 2.05) is 12.3 Å². The van der Waals surface area contributed by atoms with Crippen molar-refractivity contribution in [2.75, 3.05) is 5.73 Å². The van der Waals surface area contributed by atoms with Crippen LogP contribution in [0.4, 0.5) is 5.82 Å². The molecule has 90 valence electrons. The van der Waals surface area contributed by atoms with Crippen molar-refractivity contribution < 1.29 is 0 Å². The lowest BCUT2D eigenvalue weighted by Gasteiger charge is -2.02. The largest absolute Gasteiger partial charge is 0.383 e. The van der Waals surface area contributed by atoms with Gasteiger partial charge in [-0.15, -0.1) is 0 Å². The Bertz CT molecular complexity index is 705. The maximum Gasteiger partial charge on any atom is 0.144 e. The van der Waals surface area contributed by atoms with Crippen molar-refractivity contribution >= 4 is 28.6 Å². The molecule has 2 aromatic heterocycles. The fourth-order valence-corrected chi connectivity index (χ4v) is 2.91. The summed E-state index contributed by atoms with van der Waals surface area (Å²) in [5.74, 6) is 0.511. The first kappa shape index (κ1) is 11.1. The van der Waals surface area contributed by atoms with Gasteiger partial charge in [0.25, 0.3) is 0 Å². The summed E-state index contributed by atoms with van der Waals surface area (Å²) >= 11 is 1.66. The molecule has 0 fully saturated rings. The van der Waals surface area contributed by atoms with Gasteiger partial charge in [-0.2, -0.15) is 0 Å². The molecule has 5 heteroatoms. The zero-order valence-corrected chi connectivity index (χ0v) is 10.7. The number of nitrogens with zero attached hydrogens (tertiary/aromatic N) is 2. The van der Waals surface area contributed by atoms with Gasteiger partial charge in [-0.1, -0.05) is 29.5 Å². The first-order valence-electron chi connectivity index (χ1n) is 5.56. The molecule has 3 rings (SSSR count). The highest BCUT2D eigenvalue weighted by Crippen LogP contribution is 2.35. The van der Waals surface area contributed by atoms with Gasteiger partial charge in [-0.25, -0.2) is 9.97 Å². The van der Waals surface area contributed by atoms with Gasteiger partial charge >= 0.3 is 0 Å². The van der Waals surface area contributed by atoms with Crippen molar-refractivity contribution in [3.05, 3.63) is 42.4 Å². The number of aryl methyl sites for hydroxylation is 1. The fourth-order valence-electron chi connectivity index (χ4n) is 1.84. The summed E-state index contributed by atoms with van der Waals surface area (Å²) < 4.78 is 0. The van der Waals surface area contributed by atoms with E-state index in [2.05, 4.69) is 40.1 Å². The Hall–Kier alpha value is -2.01. The molecule has 0 radical (unpaired) electrons. The standard InChI is InChI=1S/C13H12N4S/c1-8-3-2-4-9(5-8)18-10-6-15-13-11(10)12(14)16-7-17-13/h2-7H,1H3,(H3,14,15,16,17). The van der Waals surface area contributed by atoms with Gasteiger partial charge in [0.1, 0.15) is 17.8 Å². The summed E-state index contributed by atoms with van der Waals surface area (Å²) in [7, 11) is 0. The second kappa shape index (κ2) is 4.34. The zero-order valence-electron chi connectivity index (χ0n) is 9.84. The van der Waals surface area contributed by atoms with Crippen LogP contribution in [0.5, 0.6) is 0 Å². The molecule has 3 aromatic rings. The van der Waals surface area contributed by atoms with Gasteiger partial charge in [-0.05, 0) is 19.1 Å². The average molecular weight is 256 g/mol. The van der Waals surface area contributed by atoms with Crippen LogP contribution in [0.2, 0.25) is 0 Å². The summed E-state index contributed by atoms with van der Waals surface area (Å²) in [6.07, 6.45) is 3.39. The van der Waals surface area contributed by atoms with E-state index in [-0.39, 0.29) is 0 Å². The summed E-state index contributed by atoms with van der Waals surface area (Å²) in [4.78, 5) is 13.5. The Morgan fingerprint density at radius 2 is 2.17 bits per heavy atom. The Morgan fingerprint density at radius 3 is 3.00 bits per heavy atom. The highest BCUT2D eigenvalue weighted by Gasteiger charge is 2.10. The topological polar surface area (TPSA) is 67.6 Å². The van der Waals surface area contributed by atoms with E-state index in [9.17, 15) is 0 Å². The molecule has 2 heterocycles. The number of fused-ring (bicyclic) bond motifs is 1. The van der Waals surface area contributed by atoms with Crippen LogP contribution in [0.3, 0.4) is 0 Å². The van der Waals surface area contributed by atoms with Gasteiger partial charge < -0.3 is 10.7 Å². The van der Waals surface area contributed by atoms with Crippen molar-refractivity contribution in [2.45, 2.75) is 16.7 Å². The quantitative estimate of drug-likeness (QED) is 0.739. The number of benzene rings is 1. The number of nitrogens with one attached hydrogen (secondary N) is 1. The number of aromatic amines is 1. The van der Waals surface area contributed by atoms with Crippen LogP contribution in [0.25, 0.3) is 11.0 Å². The van der Waals surface area contributed by atoms with Crippen molar-refractivity contribution in [3.8, 4) is 0 Å². The van der Waals surface area contributed by atoms with Crippen LogP contribution >= 0.6 is 11.8 Å². The van der Waals surface area contributed by atoms with Gasteiger partial charge in [-0.3, -0.25) is 0 Å². The molecule has 0 saturated carbocycles. The average Bonchev–Trinajstić information content (AvgIpc) is 2.74. The first-order valence-corrected chi connectivity index (χ1v) is 6.38.